The van der Waals surface area contributed by atoms with Gasteiger partial charge in [-0.1, -0.05) is 24.6 Å². The maximum absolute atomic E-state index is 13.9. The van der Waals surface area contributed by atoms with Gasteiger partial charge in [-0.25, -0.2) is 8.78 Å². The van der Waals surface area contributed by atoms with Crippen molar-refractivity contribution in [1.29, 1.82) is 0 Å². The molecule has 0 unspecified atom stereocenters. The smallest absolute Gasteiger partial charge is 0.131 e. The maximum Gasteiger partial charge on any atom is 0.131 e. The zero-order valence-corrected chi connectivity index (χ0v) is 12.0. The molecule has 0 aromatic heterocycles. The van der Waals surface area contributed by atoms with Gasteiger partial charge in [-0.3, -0.25) is 0 Å². The van der Waals surface area contributed by atoms with E-state index in [2.05, 4.69) is 12.2 Å². The van der Waals surface area contributed by atoms with Crippen molar-refractivity contribution in [1.82, 2.24) is 5.32 Å². The number of rotatable bonds is 5. The van der Waals surface area contributed by atoms with E-state index >= 15 is 0 Å². The molecule has 1 nitrogen and oxygen atoms in total. The van der Waals surface area contributed by atoms with Crippen molar-refractivity contribution in [3.05, 3.63) is 58.6 Å². The van der Waals surface area contributed by atoms with Gasteiger partial charge in [0.15, 0.2) is 0 Å². The Hall–Kier alpha value is -1.45. The molecule has 20 heavy (non-hydrogen) atoms. The molecule has 0 saturated carbocycles. The molecule has 0 aliphatic rings. The monoisotopic (exact) mass is 295 g/mol. The Labute approximate surface area is 122 Å². The topological polar surface area (TPSA) is 12.0 Å². The van der Waals surface area contributed by atoms with Crippen molar-refractivity contribution >= 4 is 11.6 Å². The van der Waals surface area contributed by atoms with Crippen molar-refractivity contribution in [2.24, 2.45) is 0 Å². The number of halogens is 3. The molecule has 0 aliphatic carbocycles. The number of hydrogen-bond donors (Lipinski definition) is 1. The lowest BCUT2D eigenvalue weighted by Gasteiger charge is -2.12. The van der Waals surface area contributed by atoms with Gasteiger partial charge < -0.3 is 5.32 Å². The molecule has 2 aromatic carbocycles. The molecule has 2 aromatic rings. The highest BCUT2D eigenvalue weighted by molar-refractivity contribution is 6.30. The maximum atomic E-state index is 13.9. The lowest BCUT2D eigenvalue weighted by Crippen LogP contribution is -2.14. The van der Waals surface area contributed by atoms with Crippen LogP contribution in [0.15, 0.2) is 36.4 Å². The Bertz CT molecular complexity index is 599. The second-order valence-corrected chi connectivity index (χ2v) is 5.04. The van der Waals surface area contributed by atoms with Gasteiger partial charge in [-0.05, 0) is 54.4 Å². The molecule has 0 fully saturated rings. The molecule has 2 rings (SSSR count). The van der Waals surface area contributed by atoms with E-state index in [0.717, 1.165) is 30.7 Å². The highest BCUT2D eigenvalue weighted by atomic mass is 35.5. The molecular weight excluding hydrogens is 280 g/mol. The van der Waals surface area contributed by atoms with Crippen LogP contribution in [0.2, 0.25) is 5.02 Å². The fourth-order valence-corrected chi connectivity index (χ4v) is 2.23. The summed E-state index contributed by atoms with van der Waals surface area (Å²) < 4.78 is 27.3. The van der Waals surface area contributed by atoms with E-state index in [1.807, 2.05) is 6.07 Å². The first-order chi connectivity index (χ1) is 9.61. The van der Waals surface area contributed by atoms with Crippen LogP contribution in [0.5, 0.6) is 0 Å². The van der Waals surface area contributed by atoms with Gasteiger partial charge in [0.05, 0.1) is 0 Å². The predicted molar refractivity (Wildman–Crippen MR) is 78.8 cm³/mol. The largest absolute Gasteiger partial charge is 0.313 e. The number of hydrogen-bond acceptors (Lipinski definition) is 1. The Balaban J connectivity index is 2.42. The summed E-state index contributed by atoms with van der Waals surface area (Å²) in [5, 5.41) is 3.76. The third kappa shape index (κ3) is 3.56. The zero-order chi connectivity index (χ0) is 14.5. The van der Waals surface area contributed by atoms with Crippen molar-refractivity contribution in [2.45, 2.75) is 19.9 Å². The molecule has 0 spiro atoms. The summed E-state index contributed by atoms with van der Waals surface area (Å²) in [5.74, 6) is -0.917. The van der Waals surface area contributed by atoms with Crippen LogP contribution in [0.3, 0.4) is 0 Å². The van der Waals surface area contributed by atoms with Crippen LogP contribution in [0.25, 0.3) is 11.1 Å². The Morgan fingerprint density at radius 2 is 1.85 bits per heavy atom. The van der Waals surface area contributed by atoms with Crippen LogP contribution in [-0.2, 0) is 6.54 Å². The fraction of sp³-hybridized carbons (Fsp3) is 0.250. The minimum Gasteiger partial charge on any atom is -0.313 e. The second kappa shape index (κ2) is 6.82. The van der Waals surface area contributed by atoms with E-state index in [9.17, 15) is 8.78 Å². The van der Waals surface area contributed by atoms with E-state index in [1.165, 1.54) is 6.07 Å². The second-order valence-electron chi connectivity index (χ2n) is 4.60. The SMILES string of the molecule is CCCNCc1ccc(Cl)cc1-c1cc(F)ccc1F. The third-order valence-electron chi connectivity index (χ3n) is 3.03. The minimum absolute atomic E-state index is 0.237. The molecular formula is C16H16ClF2N. The van der Waals surface area contributed by atoms with Crippen molar-refractivity contribution in [2.75, 3.05) is 6.54 Å². The predicted octanol–water partition coefficient (Wildman–Crippen LogP) is 4.78. The summed E-state index contributed by atoms with van der Waals surface area (Å²) in [4.78, 5) is 0. The van der Waals surface area contributed by atoms with Crippen LogP contribution < -0.4 is 5.32 Å². The van der Waals surface area contributed by atoms with Crippen LogP contribution in [0.4, 0.5) is 8.78 Å². The molecule has 0 amide bonds. The molecule has 0 bridgehead atoms. The van der Waals surface area contributed by atoms with Crippen LogP contribution in [-0.4, -0.2) is 6.54 Å². The summed E-state index contributed by atoms with van der Waals surface area (Å²) >= 11 is 5.98. The van der Waals surface area contributed by atoms with Gasteiger partial charge >= 0.3 is 0 Å². The highest BCUT2D eigenvalue weighted by Crippen LogP contribution is 2.29. The quantitative estimate of drug-likeness (QED) is 0.782. The van der Waals surface area contributed by atoms with Crippen LogP contribution in [0, 0.1) is 11.6 Å². The minimum atomic E-state index is -0.464. The average Bonchev–Trinajstić information content (AvgIpc) is 2.43. The fourth-order valence-electron chi connectivity index (χ4n) is 2.06. The normalized spacial score (nSPS) is 10.8. The van der Waals surface area contributed by atoms with Crippen molar-refractivity contribution in [3.8, 4) is 11.1 Å². The summed E-state index contributed by atoms with van der Waals surface area (Å²) in [6, 6.07) is 8.70. The van der Waals surface area contributed by atoms with Gasteiger partial charge in [0, 0.05) is 17.1 Å². The highest BCUT2D eigenvalue weighted by Gasteiger charge is 2.11. The third-order valence-corrected chi connectivity index (χ3v) is 3.27. The van der Waals surface area contributed by atoms with Crippen LogP contribution >= 0.6 is 11.6 Å². The first kappa shape index (κ1) is 14.9. The Morgan fingerprint density at radius 3 is 2.60 bits per heavy atom. The Morgan fingerprint density at radius 1 is 1.05 bits per heavy atom. The molecule has 0 heterocycles. The van der Waals surface area contributed by atoms with E-state index in [4.69, 9.17) is 11.6 Å². The standard InChI is InChI=1S/C16H16ClF2N/c1-2-7-20-10-11-3-4-12(17)8-14(11)15-9-13(18)5-6-16(15)19/h3-6,8-9,20H,2,7,10H2,1H3. The summed E-state index contributed by atoms with van der Waals surface area (Å²) in [7, 11) is 0. The zero-order valence-electron chi connectivity index (χ0n) is 11.2. The van der Waals surface area contributed by atoms with Crippen LogP contribution in [0.1, 0.15) is 18.9 Å². The summed E-state index contributed by atoms with van der Waals surface area (Å²) in [6.45, 7) is 3.53. The lowest BCUT2D eigenvalue weighted by molar-refractivity contribution is 0.602. The lowest BCUT2D eigenvalue weighted by atomic mass is 9.99. The van der Waals surface area contributed by atoms with Gasteiger partial charge in [0.1, 0.15) is 11.6 Å². The molecule has 0 radical (unpaired) electrons. The molecule has 0 atom stereocenters. The molecule has 4 heteroatoms. The van der Waals surface area contributed by atoms with E-state index in [1.54, 1.807) is 12.1 Å². The number of nitrogens with one attached hydrogen (secondary N) is 1. The Kier molecular flexibility index (Phi) is 5.10. The number of benzene rings is 2. The molecule has 0 aliphatic heterocycles. The molecule has 0 saturated heterocycles. The first-order valence-electron chi connectivity index (χ1n) is 6.56. The first-order valence-corrected chi connectivity index (χ1v) is 6.94. The molecule has 106 valence electrons. The van der Waals surface area contributed by atoms with E-state index < -0.39 is 11.6 Å². The molecule has 1 N–H and O–H groups in total. The summed E-state index contributed by atoms with van der Waals surface area (Å²) in [6.07, 6.45) is 1.01. The van der Waals surface area contributed by atoms with Gasteiger partial charge in [0.25, 0.3) is 0 Å². The summed E-state index contributed by atoms with van der Waals surface area (Å²) in [5.41, 5.74) is 1.76. The van der Waals surface area contributed by atoms with E-state index in [-0.39, 0.29) is 5.56 Å². The van der Waals surface area contributed by atoms with E-state index in [0.29, 0.717) is 17.1 Å². The average molecular weight is 296 g/mol. The van der Waals surface area contributed by atoms with Crippen molar-refractivity contribution in [3.63, 3.8) is 0 Å². The van der Waals surface area contributed by atoms with Gasteiger partial charge in [-0.15, -0.1) is 0 Å². The van der Waals surface area contributed by atoms with Gasteiger partial charge in [0.2, 0.25) is 0 Å². The van der Waals surface area contributed by atoms with Gasteiger partial charge in [-0.2, -0.15) is 0 Å². The van der Waals surface area contributed by atoms with Crippen molar-refractivity contribution < 1.29 is 8.78 Å².